The van der Waals surface area contributed by atoms with Crippen molar-refractivity contribution in [2.75, 3.05) is 0 Å². The molecule has 0 saturated heterocycles. The van der Waals surface area contributed by atoms with E-state index in [1.54, 1.807) is 0 Å². The van der Waals surface area contributed by atoms with Crippen LogP contribution in [0.25, 0.3) is 110 Å². The molecule has 0 radical (unpaired) electrons. The van der Waals surface area contributed by atoms with Crippen molar-refractivity contribution in [3.63, 3.8) is 0 Å². The van der Waals surface area contributed by atoms with Gasteiger partial charge in [-0.3, -0.25) is 0 Å². The van der Waals surface area contributed by atoms with Gasteiger partial charge in [0, 0.05) is 16.5 Å². The van der Waals surface area contributed by atoms with E-state index in [0.717, 1.165) is 72.4 Å². The van der Waals surface area contributed by atoms with E-state index in [-0.39, 0.29) is 0 Å². The van der Waals surface area contributed by atoms with Crippen molar-refractivity contribution < 1.29 is 4.42 Å². The van der Waals surface area contributed by atoms with Gasteiger partial charge in [-0.05, 0) is 96.0 Å². The van der Waals surface area contributed by atoms with E-state index in [1.807, 2.05) is 18.2 Å². The van der Waals surface area contributed by atoms with E-state index >= 15 is 0 Å². The van der Waals surface area contributed by atoms with Crippen LogP contribution in [-0.2, 0) is 0 Å². The van der Waals surface area contributed by atoms with Crippen LogP contribution in [0.4, 0.5) is 0 Å². The van der Waals surface area contributed by atoms with Gasteiger partial charge in [-0.25, -0.2) is 9.97 Å². The van der Waals surface area contributed by atoms with E-state index in [1.165, 1.54) is 32.3 Å². The third-order valence-corrected chi connectivity index (χ3v) is 10.9. The quantitative estimate of drug-likeness (QED) is 0.168. The van der Waals surface area contributed by atoms with E-state index < -0.39 is 0 Å². The number of nitrogens with zero attached hydrogens (tertiary/aromatic N) is 2. The molecule has 0 bridgehead atoms. The summed E-state index contributed by atoms with van der Waals surface area (Å²) in [7, 11) is 0. The Labute approximate surface area is 317 Å². The molecule has 256 valence electrons. The number of benzene rings is 9. The normalized spacial score (nSPS) is 11.6. The molecule has 0 unspecified atom stereocenters. The van der Waals surface area contributed by atoms with Crippen molar-refractivity contribution in [3.05, 3.63) is 194 Å². The number of hydrogen-bond acceptors (Lipinski definition) is 3. The summed E-state index contributed by atoms with van der Waals surface area (Å²) >= 11 is 0. The fraction of sp³-hybridized carbons (Fsp3) is 0. The molecule has 0 N–H and O–H groups in total. The lowest BCUT2D eigenvalue weighted by Gasteiger charge is -2.13. The molecule has 3 nitrogen and oxygen atoms in total. The van der Waals surface area contributed by atoms with Crippen molar-refractivity contribution in [1.29, 1.82) is 0 Å². The maximum absolute atomic E-state index is 6.44. The zero-order chi connectivity index (χ0) is 36.3. The molecule has 0 atom stereocenters. The van der Waals surface area contributed by atoms with Crippen LogP contribution < -0.4 is 0 Å². The Morgan fingerprint density at radius 3 is 1.31 bits per heavy atom. The second-order valence-electron chi connectivity index (χ2n) is 14.1. The van der Waals surface area contributed by atoms with E-state index in [0.29, 0.717) is 5.71 Å². The zero-order valence-corrected chi connectivity index (χ0v) is 29.8. The molecular weight excluding hydrogens is 669 g/mol. The Bertz CT molecular complexity index is 3220. The Kier molecular flexibility index (Phi) is 7.17. The monoisotopic (exact) mass is 700 g/mol. The predicted octanol–water partition coefficient (Wildman–Crippen LogP) is 14.2. The Hall–Kier alpha value is -7.36. The van der Waals surface area contributed by atoms with Crippen molar-refractivity contribution in [1.82, 2.24) is 9.97 Å². The van der Waals surface area contributed by atoms with Gasteiger partial charge in [-0.1, -0.05) is 164 Å². The highest BCUT2D eigenvalue weighted by Crippen LogP contribution is 2.40. The van der Waals surface area contributed by atoms with Crippen molar-refractivity contribution in [3.8, 4) is 55.9 Å². The number of fused-ring (bicyclic) bond motifs is 9. The first-order valence-corrected chi connectivity index (χ1v) is 18.6. The molecule has 0 amide bonds. The molecule has 2 heterocycles. The number of rotatable bonds is 5. The van der Waals surface area contributed by atoms with Crippen LogP contribution in [0, 0.1) is 0 Å². The van der Waals surface area contributed by atoms with Crippen molar-refractivity contribution >= 4 is 54.5 Å². The van der Waals surface area contributed by atoms with Gasteiger partial charge < -0.3 is 4.42 Å². The third-order valence-electron chi connectivity index (χ3n) is 10.9. The SMILES string of the molecule is c1ccc(-c2cccc(-c3nc4oc5ccc(-c6ccccc6)cc5c4nc3-c3cccc(-c4ccc5c6ccccc6c6ccccc6c5c4)c3)c2)cc1. The zero-order valence-electron chi connectivity index (χ0n) is 29.8. The molecule has 11 rings (SSSR count). The van der Waals surface area contributed by atoms with Gasteiger partial charge in [-0.2, -0.15) is 0 Å². The maximum Gasteiger partial charge on any atom is 0.246 e. The van der Waals surface area contributed by atoms with E-state index in [9.17, 15) is 0 Å². The van der Waals surface area contributed by atoms with Crippen LogP contribution in [0.2, 0.25) is 0 Å². The Morgan fingerprint density at radius 2 is 0.691 bits per heavy atom. The minimum absolute atomic E-state index is 0.522. The second kappa shape index (κ2) is 12.6. The summed E-state index contributed by atoms with van der Waals surface area (Å²) in [4.78, 5) is 10.7. The van der Waals surface area contributed by atoms with Gasteiger partial charge in [0.1, 0.15) is 16.8 Å². The summed E-state index contributed by atoms with van der Waals surface area (Å²) < 4.78 is 6.44. The lowest BCUT2D eigenvalue weighted by atomic mass is 9.91. The van der Waals surface area contributed by atoms with Crippen LogP contribution in [0.3, 0.4) is 0 Å². The average Bonchev–Trinajstić information content (AvgIpc) is 3.63. The molecule has 9 aromatic carbocycles. The highest BCUT2D eigenvalue weighted by molar-refractivity contribution is 6.25. The van der Waals surface area contributed by atoms with Crippen LogP contribution in [0.15, 0.2) is 199 Å². The molecule has 0 aliphatic heterocycles. The minimum Gasteiger partial charge on any atom is -0.436 e. The van der Waals surface area contributed by atoms with Gasteiger partial charge in [0.15, 0.2) is 0 Å². The first-order chi connectivity index (χ1) is 27.2. The van der Waals surface area contributed by atoms with E-state index in [2.05, 4.69) is 176 Å². The molecular formula is C52H32N2O. The standard InChI is InChI=1S/C52H32N2O/c1-3-13-33(14-4-1)35-17-11-20-40(29-35)50-49(53-51-47-32-37(34-15-5-2-6-16-34)26-28-48(47)55-52(51)54-50)39-19-12-18-36(30-39)38-25-27-45-43-23-8-7-21-41(43)42-22-9-10-24-44(42)46(45)31-38/h1-32H. The van der Waals surface area contributed by atoms with E-state index in [4.69, 9.17) is 14.4 Å². The van der Waals surface area contributed by atoms with Crippen molar-refractivity contribution in [2.45, 2.75) is 0 Å². The molecule has 0 fully saturated rings. The average molecular weight is 701 g/mol. The van der Waals surface area contributed by atoms with Gasteiger partial charge >= 0.3 is 0 Å². The second-order valence-corrected chi connectivity index (χ2v) is 14.1. The van der Waals surface area contributed by atoms with Crippen LogP contribution in [-0.4, -0.2) is 9.97 Å². The Morgan fingerprint density at radius 1 is 0.273 bits per heavy atom. The largest absolute Gasteiger partial charge is 0.436 e. The molecule has 0 spiro atoms. The summed E-state index contributed by atoms with van der Waals surface area (Å²) in [5, 5.41) is 8.52. The van der Waals surface area contributed by atoms with Crippen LogP contribution in [0.5, 0.6) is 0 Å². The summed E-state index contributed by atoms with van der Waals surface area (Å²) in [6.45, 7) is 0. The summed E-state index contributed by atoms with van der Waals surface area (Å²) in [5.41, 5.74) is 12.4. The predicted molar refractivity (Wildman–Crippen MR) is 229 cm³/mol. The molecule has 0 aliphatic rings. The van der Waals surface area contributed by atoms with Gasteiger partial charge in [0.25, 0.3) is 0 Å². The smallest absolute Gasteiger partial charge is 0.246 e. The summed E-state index contributed by atoms with van der Waals surface area (Å²) in [5.74, 6) is 0. The summed E-state index contributed by atoms with van der Waals surface area (Å²) in [6.07, 6.45) is 0. The van der Waals surface area contributed by atoms with Gasteiger partial charge in [0.05, 0.1) is 5.69 Å². The maximum atomic E-state index is 6.44. The van der Waals surface area contributed by atoms with Gasteiger partial charge in [0.2, 0.25) is 5.71 Å². The molecule has 0 aliphatic carbocycles. The fourth-order valence-corrected chi connectivity index (χ4v) is 8.20. The number of aromatic nitrogens is 2. The molecule has 11 aromatic rings. The molecule has 3 heteroatoms. The number of hydrogen-bond donors (Lipinski definition) is 0. The van der Waals surface area contributed by atoms with Crippen LogP contribution in [0.1, 0.15) is 0 Å². The highest BCUT2D eigenvalue weighted by Gasteiger charge is 2.20. The fourth-order valence-electron chi connectivity index (χ4n) is 8.20. The molecule has 2 aromatic heterocycles. The summed E-state index contributed by atoms with van der Waals surface area (Å²) in [6, 6.07) is 68.8. The molecule has 55 heavy (non-hydrogen) atoms. The Balaban J connectivity index is 1.12. The molecule has 0 saturated carbocycles. The minimum atomic E-state index is 0.522. The topological polar surface area (TPSA) is 38.9 Å². The van der Waals surface area contributed by atoms with Gasteiger partial charge in [-0.15, -0.1) is 0 Å². The first-order valence-electron chi connectivity index (χ1n) is 18.6. The lowest BCUT2D eigenvalue weighted by molar-refractivity contribution is 0.653. The van der Waals surface area contributed by atoms with Crippen LogP contribution >= 0.6 is 0 Å². The highest BCUT2D eigenvalue weighted by atomic mass is 16.3. The number of furan rings is 1. The van der Waals surface area contributed by atoms with Crippen molar-refractivity contribution in [2.24, 2.45) is 0 Å². The third kappa shape index (κ3) is 5.28. The lowest BCUT2D eigenvalue weighted by Crippen LogP contribution is -1.95. The first kappa shape index (κ1) is 31.2.